The van der Waals surface area contributed by atoms with Crippen molar-refractivity contribution >= 4 is 17.8 Å². The number of nitrogens with one attached hydrogen (secondary N) is 2. The molecular weight excluding hydrogens is 378 g/mol. The Morgan fingerprint density at radius 3 is 2.47 bits per heavy atom. The molecule has 8 heteroatoms. The Hall–Kier alpha value is -2.38. The highest BCUT2D eigenvalue weighted by Gasteiger charge is 2.22. The van der Waals surface area contributed by atoms with E-state index < -0.39 is 0 Å². The van der Waals surface area contributed by atoms with Crippen LogP contribution in [-0.2, 0) is 4.79 Å². The molecule has 1 fully saturated rings. The molecule has 0 radical (unpaired) electrons. The lowest BCUT2D eigenvalue weighted by Crippen LogP contribution is -2.49. The summed E-state index contributed by atoms with van der Waals surface area (Å²) in [6.07, 6.45) is 6.16. The standard InChI is InChI=1S/C22H39N7O/c1-6-23-20(27-18(2)8-10-22(3,4)5)24-13-9-19(30)28-14-16-29(17-15-28)21-25-11-7-12-26-21/h7,11-12,18H,6,8-10,13-17H2,1-5H3,(H2,23,24,27). The third-order valence-electron chi connectivity index (χ3n) is 5.12. The van der Waals surface area contributed by atoms with Crippen LogP contribution in [0, 0.1) is 5.41 Å². The number of amides is 1. The number of nitrogens with zero attached hydrogens (tertiary/aromatic N) is 5. The molecule has 1 saturated heterocycles. The van der Waals surface area contributed by atoms with Crippen molar-refractivity contribution in [1.82, 2.24) is 25.5 Å². The molecule has 0 spiro atoms. The molecule has 1 aromatic rings. The first-order chi connectivity index (χ1) is 14.3. The van der Waals surface area contributed by atoms with Crippen LogP contribution in [0.4, 0.5) is 5.95 Å². The number of guanidine groups is 1. The van der Waals surface area contributed by atoms with E-state index in [4.69, 9.17) is 0 Å². The summed E-state index contributed by atoms with van der Waals surface area (Å²) < 4.78 is 0. The van der Waals surface area contributed by atoms with Crippen LogP contribution in [0.2, 0.25) is 0 Å². The normalized spacial score (nSPS) is 16.4. The molecule has 1 unspecified atom stereocenters. The molecule has 168 valence electrons. The monoisotopic (exact) mass is 417 g/mol. The van der Waals surface area contributed by atoms with Crippen molar-refractivity contribution in [1.29, 1.82) is 0 Å². The van der Waals surface area contributed by atoms with E-state index in [-0.39, 0.29) is 5.91 Å². The van der Waals surface area contributed by atoms with Gasteiger partial charge in [-0.05, 0) is 38.2 Å². The van der Waals surface area contributed by atoms with E-state index in [1.807, 2.05) is 11.0 Å². The van der Waals surface area contributed by atoms with Gasteiger partial charge in [-0.3, -0.25) is 9.79 Å². The highest BCUT2D eigenvalue weighted by Crippen LogP contribution is 2.21. The molecule has 2 heterocycles. The Labute approximate surface area is 181 Å². The SMILES string of the molecule is CCNC(=NCCC(=O)N1CCN(c2ncccn2)CC1)NC(C)CCC(C)(C)C. The third kappa shape index (κ3) is 8.55. The fraction of sp³-hybridized carbons (Fsp3) is 0.727. The quantitative estimate of drug-likeness (QED) is 0.499. The molecule has 0 aromatic carbocycles. The second-order valence-corrected chi connectivity index (χ2v) is 9.07. The van der Waals surface area contributed by atoms with Gasteiger partial charge in [-0.25, -0.2) is 9.97 Å². The summed E-state index contributed by atoms with van der Waals surface area (Å²) in [5.41, 5.74) is 0.328. The molecule has 1 aromatic heterocycles. The first kappa shape index (κ1) is 23.9. The molecule has 0 bridgehead atoms. The summed E-state index contributed by atoms with van der Waals surface area (Å²) in [4.78, 5) is 29.8. The van der Waals surface area contributed by atoms with Crippen molar-refractivity contribution in [3.8, 4) is 0 Å². The summed E-state index contributed by atoms with van der Waals surface area (Å²) in [5, 5.41) is 6.74. The Morgan fingerprint density at radius 1 is 1.20 bits per heavy atom. The van der Waals surface area contributed by atoms with E-state index in [1.54, 1.807) is 12.4 Å². The molecule has 8 nitrogen and oxygen atoms in total. The van der Waals surface area contributed by atoms with Crippen molar-refractivity contribution < 1.29 is 4.79 Å². The Morgan fingerprint density at radius 2 is 1.87 bits per heavy atom. The van der Waals surface area contributed by atoms with Gasteiger partial charge < -0.3 is 20.4 Å². The van der Waals surface area contributed by atoms with Crippen molar-refractivity contribution in [2.24, 2.45) is 10.4 Å². The van der Waals surface area contributed by atoms with Gasteiger partial charge in [-0.1, -0.05) is 20.8 Å². The number of piperazine rings is 1. The fourth-order valence-electron chi connectivity index (χ4n) is 3.31. The highest BCUT2D eigenvalue weighted by molar-refractivity contribution is 5.81. The topological polar surface area (TPSA) is 85.8 Å². The minimum atomic E-state index is 0.156. The van der Waals surface area contributed by atoms with Crippen LogP contribution in [0.3, 0.4) is 0 Å². The highest BCUT2D eigenvalue weighted by atomic mass is 16.2. The summed E-state index contributed by atoms with van der Waals surface area (Å²) in [5.74, 6) is 1.68. The lowest BCUT2D eigenvalue weighted by atomic mass is 9.89. The number of carbonyl (C=O) groups excluding carboxylic acids is 1. The molecule has 2 N–H and O–H groups in total. The van der Waals surface area contributed by atoms with Crippen molar-refractivity contribution in [3.63, 3.8) is 0 Å². The summed E-state index contributed by atoms with van der Waals surface area (Å²) >= 11 is 0. The predicted octanol–water partition coefficient (Wildman–Crippen LogP) is 2.29. The smallest absolute Gasteiger partial charge is 0.225 e. The molecule has 0 saturated carbocycles. The maximum absolute atomic E-state index is 12.6. The van der Waals surface area contributed by atoms with Crippen LogP contribution in [0.25, 0.3) is 0 Å². The molecule has 1 amide bonds. The zero-order chi connectivity index (χ0) is 22.0. The Bertz CT molecular complexity index is 664. The predicted molar refractivity (Wildman–Crippen MR) is 123 cm³/mol. The zero-order valence-corrected chi connectivity index (χ0v) is 19.3. The molecule has 1 aliphatic rings. The minimum Gasteiger partial charge on any atom is -0.357 e. The van der Waals surface area contributed by atoms with Gasteiger partial charge >= 0.3 is 0 Å². The van der Waals surface area contributed by atoms with E-state index in [0.29, 0.717) is 37.5 Å². The van der Waals surface area contributed by atoms with E-state index in [1.165, 1.54) is 0 Å². The van der Waals surface area contributed by atoms with E-state index >= 15 is 0 Å². The van der Waals surface area contributed by atoms with Gasteiger partial charge in [-0.15, -0.1) is 0 Å². The summed E-state index contributed by atoms with van der Waals surface area (Å²) in [6.45, 7) is 15.2. The number of hydrogen-bond donors (Lipinski definition) is 2. The molecule has 1 aliphatic heterocycles. The van der Waals surface area contributed by atoms with Crippen molar-refractivity contribution in [3.05, 3.63) is 18.5 Å². The van der Waals surface area contributed by atoms with Gasteiger partial charge in [-0.2, -0.15) is 0 Å². The van der Waals surface area contributed by atoms with Crippen molar-refractivity contribution in [2.75, 3.05) is 44.2 Å². The van der Waals surface area contributed by atoms with Crippen LogP contribution in [0.1, 0.15) is 53.9 Å². The minimum absolute atomic E-state index is 0.156. The van der Waals surface area contributed by atoms with Gasteiger partial charge in [0.25, 0.3) is 0 Å². The average Bonchev–Trinajstić information content (AvgIpc) is 2.72. The molecule has 30 heavy (non-hydrogen) atoms. The average molecular weight is 418 g/mol. The Balaban J connectivity index is 1.75. The second-order valence-electron chi connectivity index (χ2n) is 9.07. The molecule has 2 rings (SSSR count). The number of aliphatic imine (C=N–C) groups is 1. The van der Waals surface area contributed by atoms with Crippen LogP contribution < -0.4 is 15.5 Å². The van der Waals surface area contributed by atoms with Gasteiger partial charge in [0.05, 0.1) is 6.54 Å². The van der Waals surface area contributed by atoms with Gasteiger partial charge in [0.1, 0.15) is 0 Å². The van der Waals surface area contributed by atoms with E-state index in [0.717, 1.165) is 44.4 Å². The number of hydrogen-bond acceptors (Lipinski definition) is 5. The van der Waals surface area contributed by atoms with Crippen LogP contribution in [0.15, 0.2) is 23.5 Å². The van der Waals surface area contributed by atoms with Crippen LogP contribution in [0.5, 0.6) is 0 Å². The second kappa shape index (κ2) is 11.7. The van der Waals surface area contributed by atoms with Crippen LogP contribution in [-0.4, -0.2) is 72.0 Å². The number of rotatable bonds is 8. The Kier molecular flexibility index (Phi) is 9.33. The summed E-state index contributed by atoms with van der Waals surface area (Å²) in [6, 6.07) is 2.15. The fourth-order valence-corrected chi connectivity index (χ4v) is 3.31. The molecular formula is C22H39N7O. The van der Waals surface area contributed by atoms with Crippen LogP contribution >= 0.6 is 0 Å². The van der Waals surface area contributed by atoms with E-state index in [2.05, 4.69) is 65.1 Å². The largest absolute Gasteiger partial charge is 0.357 e. The maximum Gasteiger partial charge on any atom is 0.225 e. The first-order valence-electron chi connectivity index (χ1n) is 11.1. The first-order valence-corrected chi connectivity index (χ1v) is 11.1. The van der Waals surface area contributed by atoms with Gasteiger partial charge in [0, 0.05) is 57.6 Å². The summed E-state index contributed by atoms with van der Waals surface area (Å²) in [7, 11) is 0. The molecule has 0 aliphatic carbocycles. The molecule has 1 atom stereocenters. The lowest BCUT2D eigenvalue weighted by Gasteiger charge is -2.34. The number of aromatic nitrogens is 2. The van der Waals surface area contributed by atoms with Crippen molar-refractivity contribution in [2.45, 2.75) is 59.9 Å². The lowest BCUT2D eigenvalue weighted by molar-refractivity contribution is -0.131. The number of carbonyl (C=O) groups is 1. The van der Waals surface area contributed by atoms with E-state index in [9.17, 15) is 4.79 Å². The third-order valence-corrected chi connectivity index (χ3v) is 5.12. The number of anilines is 1. The zero-order valence-electron chi connectivity index (χ0n) is 19.3. The van der Waals surface area contributed by atoms with Gasteiger partial charge in [0.2, 0.25) is 11.9 Å². The van der Waals surface area contributed by atoms with Gasteiger partial charge in [0.15, 0.2) is 5.96 Å². The maximum atomic E-state index is 12.6.